The molecule has 2 aromatic rings. The van der Waals surface area contributed by atoms with E-state index >= 15 is 0 Å². The van der Waals surface area contributed by atoms with Crippen molar-refractivity contribution in [1.82, 2.24) is 4.98 Å². The molecule has 0 aliphatic rings. The maximum atomic E-state index is 11.4. The molecule has 0 radical (unpaired) electrons. The molecule has 0 amide bonds. The van der Waals surface area contributed by atoms with E-state index in [0.717, 1.165) is 5.56 Å². The molecule has 1 aromatic heterocycles. The van der Waals surface area contributed by atoms with Crippen molar-refractivity contribution in [2.24, 2.45) is 0 Å². The summed E-state index contributed by atoms with van der Waals surface area (Å²) in [5.41, 5.74) is 0.988. The fourth-order valence-corrected chi connectivity index (χ4v) is 2.80. The molecule has 1 heterocycles. The molecule has 104 valence electrons. The smallest absolute Gasteiger partial charge is 0.317 e. The van der Waals surface area contributed by atoms with Gasteiger partial charge in [-0.05, 0) is 24.1 Å². The van der Waals surface area contributed by atoms with Crippen molar-refractivity contribution in [3.63, 3.8) is 0 Å². The lowest BCUT2D eigenvalue weighted by atomic mass is 10.1. The molecular formula is C15H15NO3S. The molecule has 4 nitrogen and oxygen atoms in total. The average molecular weight is 289 g/mol. The monoisotopic (exact) mass is 289 g/mol. The van der Waals surface area contributed by atoms with E-state index in [1.807, 2.05) is 30.3 Å². The maximum Gasteiger partial charge on any atom is 0.317 e. The zero-order chi connectivity index (χ0) is 14.4. The molecule has 0 fully saturated rings. The van der Waals surface area contributed by atoms with Gasteiger partial charge in [0.1, 0.15) is 10.3 Å². The van der Waals surface area contributed by atoms with Gasteiger partial charge >= 0.3 is 5.97 Å². The van der Waals surface area contributed by atoms with E-state index in [9.17, 15) is 9.90 Å². The highest BCUT2D eigenvalue weighted by atomic mass is 32.2. The molecule has 1 unspecified atom stereocenters. The van der Waals surface area contributed by atoms with Crippen LogP contribution in [-0.2, 0) is 11.2 Å². The number of ether oxygens (including phenoxy) is 1. The molecule has 5 heteroatoms. The van der Waals surface area contributed by atoms with Gasteiger partial charge in [-0.3, -0.25) is 4.79 Å². The molecule has 0 saturated heterocycles. The molecule has 2 rings (SSSR count). The number of thioether (sulfide) groups is 1. The Morgan fingerprint density at radius 3 is 2.70 bits per heavy atom. The topological polar surface area (TPSA) is 59.4 Å². The van der Waals surface area contributed by atoms with Crippen molar-refractivity contribution in [3.05, 3.63) is 54.2 Å². The Hall–Kier alpha value is -2.01. The highest BCUT2D eigenvalue weighted by Crippen LogP contribution is 2.31. The summed E-state index contributed by atoms with van der Waals surface area (Å²) in [7, 11) is 1.55. The molecule has 0 spiro atoms. The van der Waals surface area contributed by atoms with Crippen LogP contribution in [0.5, 0.6) is 5.75 Å². The minimum Gasteiger partial charge on any atom is -0.494 e. The van der Waals surface area contributed by atoms with Crippen LogP contribution < -0.4 is 4.74 Å². The largest absolute Gasteiger partial charge is 0.494 e. The van der Waals surface area contributed by atoms with Gasteiger partial charge in [0.15, 0.2) is 5.75 Å². The molecule has 0 aliphatic carbocycles. The van der Waals surface area contributed by atoms with Crippen molar-refractivity contribution in [1.29, 1.82) is 0 Å². The third-order valence-corrected chi connectivity index (χ3v) is 3.93. The Kier molecular flexibility index (Phi) is 5.01. The molecule has 0 saturated carbocycles. The van der Waals surface area contributed by atoms with Crippen LogP contribution in [0.4, 0.5) is 0 Å². The highest BCUT2D eigenvalue weighted by Gasteiger charge is 2.21. The number of aromatic nitrogens is 1. The molecule has 0 bridgehead atoms. The number of rotatable bonds is 6. The number of aliphatic carboxylic acids is 1. The summed E-state index contributed by atoms with van der Waals surface area (Å²) in [5, 5.41) is 9.37. The molecule has 0 aliphatic heterocycles. The second-order valence-corrected chi connectivity index (χ2v) is 5.34. The lowest BCUT2D eigenvalue weighted by Crippen LogP contribution is -2.19. The van der Waals surface area contributed by atoms with E-state index in [-0.39, 0.29) is 0 Å². The second-order valence-electron chi connectivity index (χ2n) is 4.15. The zero-order valence-electron chi connectivity index (χ0n) is 11.0. The predicted molar refractivity (Wildman–Crippen MR) is 78.2 cm³/mol. The lowest BCUT2D eigenvalue weighted by Gasteiger charge is -2.13. The number of nitrogens with zero attached hydrogens (tertiary/aromatic N) is 1. The minimum absolute atomic E-state index is 0.445. The van der Waals surface area contributed by atoms with E-state index < -0.39 is 11.2 Å². The van der Waals surface area contributed by atoms with Crippen molar-refractivity contribution >= 4 is 17.7 Å². The Balaban J connectivity index is 2.16. The van der Waals surface area contributed by atoms with Crippen molar-refractivity contribution in [3.8, 4) is 5.75 Å². The van der Waals surface area contributed by atoms with Crippen LogP contribution in [0.15, 0.2) is 53.7 Å². The first-order valence-electron chi connectivity index (χ1n) is 6.13. The van der Waals surface area contributed by atoms with Crippen molar-refractivity contribution < 1.29 is 14.6 Å². The van der Waals surface area contributed by atoms with Gasteiger partial charge in [-0.25, -0.2) is 4.98 Å². The van der Waals surface area contributed by atoms with E-state index in [0.29, 0.717) is 17.2 Å². The third kappa shape index (κ3) is 3.74. The summed E-state index contributed by atoms with van der Waals surface area (Å²) in [6, 6.07) is 13.1. The van der Waals surface area contributed by atoms with E-state index in [2.05, 4.69) is 4.98 Å². The van der Waals surface area contributed by atoms with E-state index in [1.54, 1.807) is 25.4 Å². The van der Waals surface area contributed by atoms with Crippen molar-refractivity contribution in [2.45, 2.75) is 16.7 Å². The maximum absolute atomic E-state index is 11.4. The predicted octanol–water partition coefficient (Wildman–Crippen LogP) is 2.88. The van der Waals surface area contributed by atoms with Crippen LogP contribution in [0.25, 0.3) is 0 Å². The summed E-state index contributed by atoms with van der Waals surface area (Å²) in [6.07, 6.45) is 2.08. The Bertz CT molecular complexity index is 574. The van der Waals surface area contributed by atoms with Gasteiger partial charge in [0.2, 0.25) is 0 Å². The standard InChI is InChI=1S/C15H15NO3S/c1-19-12-8-5-9-16-14(12)20-13(15(17)18)10-11-6-3-2-4-7-11/h2-9,13H,10H2,1H3,(H,17,18). The number of methoxy groups -OCH3 is 1. The minimum atomic E-state index is -0.855. The number of carbonyl (C=O) groups is 1. The molecule has 20 heavy (non-hydrogen) atoms. The number of carboxylic acids is 1. The zero-order valence-corrected chi connectivity index (χ0v) is 11.8. The number of benzene rings is 1. The first-order chi connectivity index (χ1) is 9.70. The first kappa shape index (κ1) is 14.4. The van der Waals surface area contributed by atoms with E-state index in [4.69, 9.17) is 4.74 Å². The van der Waals surface area contributed by atoms with Gasteiger partial charge < -0.3 is 9.84 Å². The third-order valence-electron chi connectivity index (χ3n) is 2.75. The first-order valence-corrected chi connectivity index (χ1v) is 7.01. The fraction of sp³-hybridized carbons (Fsp3) is 0.200. The quantitative estimate of drug-likeness (QED) is 0.829. The number of hydrogen-bond acceptors (Lipinski definition) is 4. The molecule has 1 N–H and O–H groups in total. The Morgan fingerprint density at radius 2 is 2.05 bits per heavy atom. The van der Waals surface area contributed by atoms with Gasteiger partial charge in [-0.15, -0.1) is 0 Å². The summed E-state index contributed by atoms with van der Waals surface area (Å²) in [5.74, 6) is -0.261. The second kappa shape index (κ2) is 6.96. The summed E-state index contributed by atoms with van der Waals surface area (Å²) < 4.78 is 5.20. The average Bonchev–Trinajstić information content (AvgIpc) is 2.48. The van der Waals surface area contributed by atoms with Crippen LogP contribution in [0.3, 0.4) is 0 Å². The van der Waals surface area contributed by atoms with Gasteiger partial charge in [-0.2, -0.15) is 0 Å². The van der Waals surface area contributed by atoms with Crippen LogP contribution in [0.2, 0.25) is 0 Å². The van der Waals surface area contributed by atoms with Crippen LogP contribution >= 0.6 is 11.8 Å². The molecular weight excluding hydrogens is 274 g/mol. The normalized spacial score (nSPS) is 11.8. The van der Waals surface area contributed by atoms with Gasteiger partial charge in [-0.1, -0.05) is 42.1 Å². The van der Waals surface area contributed by atoms with Crippen LogP contribution in [0.1, 0.15) is 5.56 Å². The van der Waals surface area contributed by atoms with Crippen LogP contribution in [0, 0.1) is 0 Å². The van der Waals surface area contributed by atoms with Crippen LogP contribution in [-0.4, -0.2) is 28.4 Å². The fourth-order valence-electron chi connectivity index (χ4n) is 1.76. The number of pyridine rings is 1. The molecule has 1 aromatic carbocycles. The summed E-state index contributed by atoms with van der Waals surface area (Å²) in [4.78, 5) is 15.6. The highest BCUT2D eigenvalue weighted by molar-refractivity contribution is 8.00. The van der Waals surface area contributed by atoms with Gasteiger partial charge in [0.25, 0.3) is 0 Å². The summed E-state index contributed by atoms with van der Waals surface area (Å²) >= 11 is 1.21. The SMILES string of the molecule is COc1cccnc1SC(Cc1ccccc1)C(=O)O. The number of hydrogen-bond donors (Lipinski definition) is 1. The Labute approximate surface area is 121 Å². The lowest BCUT2D eigenvalue weighted by molar-refractivity contribution is -0.136. The Morgan fingerprint density at radius 1 is 1.30 bits per heavy atom. The number of carboxylic acid groups (broad SMARTS) is 1. The van der Waals surface area contributed by atoms with Crippen molar-refractivity contribution in [2.75, 3.05) is 7.11 Å². The molecule has 1 atom stereocenters. The van der Waals surface area contributed by atoms with E-state index in [1.165, 1.54) is 11.8 Å². The summed E-state index contributed by atoms with van der Waals surface area (Å²) in [6.45, 7) is 0. The van der Waals surface area contributed by atoms with Gasteiger partial charge in [0, 0.05) is 6.20 Å². The van der Waals surface area contributed by atoms with Gasteiger partial charge in [0.05, 0.1) is 7.11 Å².